The molecule has 1 aliphatic heterocycles. The van der Waals surface area contributed by atoms with E-state index in [1.165, 1.54) is 23.6 Å². The molecule has 1 aliphatic rings. The minimum Gasteiger partial charge on any atom is -0.466 e. The normalized spacial score (nSPS) is 15.4. The number of hydrogen-bond donors (Lipinski definition) is 0. The van der Waals surface area contributed by atoms with E-state index in [1.54, 1.807) is 0 Å². The number of carbonyl (C=O) groups excluding carboxylic acids is 1. The summed E-state index contributed by atoms with van der Waals surface area (Å²) in [6, 6.07) is 16.5. The van der Waals surface area contributed by atoms with Gasteiger partial charge in [-0.3, -0.25) is 4.90 Å². The maximum absolute atomic E-state index is 12.6. The molecule has 0 spiro atoms. The number of benzene rings is 2. The van der Waals surface area contributed by atoms with Crippen LogP contribution in [0.4, 0.5) is 0 Å². The van der Waals surface area contributed by atoms with Crippen LogP contribution in [0.2, 0.25) is 0 Å². The van der Waals surface area contributed by atoms with Gasteiger partial charge in [0.05, 0.1) is 12.6 Å². The fourth-order valence-corrected chi connectivity index (χ4v) is 3.66. The van der Waals surface area contributed by atoms with E-state index >= 15 is 0 Å². The quantitative estimate of drug-likeness (QED) is 0.691. The van der Waals surface area contributed by atoms with Gasteiger partial charge in [0, 0.05) is 24.7 Å². The highest BCUT2D eigenvalue weighted by Gasteiger charge is 2.33. The van der Waals surface area contributed by atoms with E-state index < -0.39 is 6.17 Å². The van der Waals surface area contributed by atoms with Crippen LogP contribution in [-0.2, 0) is 22.6 Å². The molecule has 0 radical (unpaired) electrons. The molecule has 0 N–H and O–H groups in total. The van der Waals surface area contributed by atoms with E-state index in [4.69, 9.17) is 4.74 Å². The number of nitrogens with zero attached hydrogens (tertiary/aromatic N) is 2. The van der Waals surface area contributed by atoms with Crippen molar-refractivity contribution in [2.45, 2.75) is 26.2 Å². The third-order valence-electron chi connectivity index (χ3n) is 4.83. The van der Waals surface area contributed by atoms with Gasteiger partial charge in [-0.05, 0) is 29.7 Å². The van der Waals surface area contributed by atoms with E-state index in [2.05, 4.69) is 42.3 Å². The van der Waals surface area contributed by atoms with Crippen LogP contribution in [0.5, 0.6) is 0 Å². The summed E-state index contributed by atoms with van der Waals surface area (Å²) in [4.78, 5) is 14.8. The Labute approximate surface area is 141 Å². The predicted molar refractivity (Wildman–Crippen MR) is 93.4 cm³/mol. The molecule has 4 heteroatoms. The smallest absolute Gasteiger partial charge is 0.344 e. The summed E-state index contributed by atoms with van der Waals surface area (Å²) < 4.78 is 7.18. The van der Waals surface area contributed by atoms with E-state index in [0.717, 1.165) is 24.2 Å². The average Bonchev–Trinajstić information content (AvgIpc) is 3.17. The van der Waals surface area contributed by atoms with Crippen molar-refractivity contribution in [1.29, 1.82) is 0 Å². The fraction of sp³-hybridized carbons (Fsp3) is 0.250. The van der Waals surface area contributed by atoms with Gasteiger partial charge < -0.3 is 9.30 Å². The third kappa shape index (κ3) is 2.31. The first-order valence-corrected chi connectivity index (χ1v) is 8.14. The molecule has 4 nitrogen and oxygen atoms in total. The Balaban J connectivity index is 1.80. The molecule has 0 bridgehead atoms. The molecule has 0 amide bonds. The van der Waals surface area contributed by atoms with Crippen LogP contribution in [0.3, 0.4) is 0 Å². The van der Waals surface area contributed by atoms with Gasteiger partial charge in [-0.15, -0.1) is 0 Å². The summed E-state index contributed by atoms with van der Waals surface area (Å²) >= 11 is 0. The summed E-state index contributed by atoms with van der Waals surface area (Å²) in [6.07, 6.45) is 1.59. The van der Waals surface area contributed by atoms with Gasteiger partial charge in [0.1, 0.15) is 0 Å². The second-order valence-corrected chi connectivity index (χ2v) is 6.31. The van der Waals surface area contributed by atoms with Gasteiger partial charge >= 0.3 is 5.97 Å². The lowest BCUT2D eigenvalue weighted by Crippen LogP contribution is -2.35. The number of hydrogen-bond acceptors (Lipinski definition) is 3. The highest BCUT2D eigenvalue weighted by Crippen LogP contribution is 2.32. The predicted octanol–water partition coefficient (Wildman–Crippen LogP) is 3.64. The number of ether oxygens (including phenoxy) is 1. The number of carbonyl (C=O) groups is 1. The molecule has 4 rings (SSSR count). The molecule has 1 atom stereocenters. The zero-order valence-electron chi connectivity index (χ0n) is 13.9. The lowest BCUT2D eigenvalue weighted by molar-refractivity contribution is -0.151. The van der Waals surface area contributed by atoms with Crippen molar-refractivity contribution in [2.75, 3.05) is 7.11 Å². The minimum atomic E-state index is -0.457. The summed E-state index contributed by atoms with van der Waals surface area (Å²) in [7, 11) is 1.46. The maximum atomic E-state index is 12.6. The Morgan fingerprint density at radius 1 is 1.04 bits per heavy atom. The summed E-state index contributed by atoms with van der Waals surface area (Å²) in [6.45, 7) is 3.58. The standard InChI is InChI=1S/C20H20N2O2/c1-14-11-22(18-10-6-5-9-17(14)18)19(20(23)24-2)21-12-15-7-3-4-8-16(15)13-21/h3-11,19H,12-13H2,1-2H3/t19-/m0/s1. The van der Waals surface area contributed by atoms with Crippen LogP contribution in [0.1, 0.15) is 22.9 Å². The largest absolute Gasteiger partial charge is 0.466 e. The first-order valence-electron chi connectivity index (χ1n) is 8.14. The lowest BCUT2D eigenvalue weighted by Gasteiger charge is -2.27. The summed E-state index contributed by atoms with van der Waals surface area (Å²) in [5, 5.41) is 1.17. The van der Waals surface area contributed by atoms with E-state index in [1.807, 2.05) is 28.8 Å². The van der Waals surface area contributed by atoms with E-state index in [0.29, 0.717) is 0 Å². The van der Waals surface area contributed by atoms with E-state index in [9.17, 15) is 4.79 Å². The fourth-order valence-electron chi connectivity index (χ4n) is 3.66. The Morgan fingerprint density at radius 2 is 1.67 bits per heavy atom. The first-order chi connectivity index (χ1) is 11.7. The van der Waals surface area contributed by atoms with Crippen molar-refractivity contribution in [2.24, 2.45) is 0 Å². The molecule has 0 unspecified atom stereocenters. The van der Waals surface area contributed by atoms with Crippen molar-refractivity contribution < 1.29 is 9.53 Å². The third-order valence-corrected chi connectivity index (χ3v) is 4.83. The van der Waals surface area contributed by atoms with Crippen LogP contribution in [0, 0.1) is 6.92 Å². The Bertz CT molecular complexity index is 888. The van der Waals surface area contributed by atoms with Crippen LogP contribution in [0.25, 0.3) is 10.9 Å². The van der Waals surface area contributed by atoms with Gasteiger partial charge in [0.25, 0.3) is 0 Å². The summed E-state index contributed by atoms with van der Waals surface area (Å²) in [5.74, 6) is -0.233. The van der Waals surface area contributed by atoms with Gasteiger partial charge in [-0.1, -0.05) is 42.5 Å². The summed E-state index contributed by atoms with van der Waals surface area (Å²) in [5.41, 5.74) is 4.77. The van der Waals surface area contributed by atoms with Crippen LogP contribution in [0.15, 0.2) is 54.7 Å². The van der Waals surface area contributed by atoms with Gasteiger partial charge in [-0.25, -0.2) is 4.79 Å². The van der Waals surface area contributed by atoms with Crippen LogP contribution in [-0.4, -0.2) is 22.5 Å². The molecule has 1 aromatic heterocycles. The van der Waals surface area contributed by atoms with E-state index in [-0.39, 0.29) is 5.97 Å². The Kier molecular flexibility index (Phi) is 3.62. The molecule has 0 saturated heterocycles. The molecule has 0 fully saturated rings. The molecule has 122 valence electrons. The first kappa shape index (κ1) is 15.0. The number of esters is 1. The van der Waals surface area contributed by atoms with Gasteiger partial charge in [-0.2, -0.15) is 0 Å². The molecule has 0 saturated carbocycles. The number of aromatic nitrogens is 1. The SMILES string of the molecule is COC(=O)[C@@H](N1Cc2ccccc2C1)n1cc(C)c2ccccc21. The molecule has 3 aromatic rings. The molecular formula is C20H20N2O2. The Morgan fingerprint density at radius 3 is 2.33 bits per heavy atom. The second-order valence-electron chi connectivity index (χ2n) is 6.31. The Hall–Kier alpha value is -2.59. The number of fused-ring (bicyclic) bond motifs is 2. The van der Waals surface area contributed by atoms with Crippen molar-refractivity contribution >= 4 is 16.9 Å². The molecule has 2 heterocycles. The maximum Gasteiger partial charge on any atom is 0.344 e. The zero-order valence-corrected chi connectivity index (χ0v) is 13.9. The van der Waals surface area contributed by atoms with Crippen molar-refractivity contribution in [3.63, 3.8) is 0 Å². The highest BCUT2D eigenvalue weighted by molar-refractivity contribution is 5.86. The van der Waals surface area contributed by atoms with Crippen molar-refractivity contribution in [3.05, 3.63) is 71.4 Å². The highest BCUT2D eigenvalue weighted by atomic mass is 16.5. The molecule has 2 aromatic carbocycles. The van der Waals surface area contributed by atoms with Gasteiger partial charge in [0.2, 0.25) is 0 Å². The monoisotopic (exact) mass is 320 g/mol. The number of aryl methyl sites for hydroxylation is 1. The zero-order chi connectivity index (χ0) is 16.7. The number of para-hydroxylation sites is 1. The van der Waals surface area contributed by atoms with Crippen molar-refractivity contribution in [1.82, 2.24) is 9.47 Å². The average molecular weight is 320 g/mol. The topological polar surface area (TPSA) is 34.5 Å². The van der Waals surface area contributed by atoms with Gasteiger partial charge in [0.15, 0.2) is 6.17 Å². The second kappa shape index (κ2) is 5.80. The molecule has 24 heavy (non-hydrogen) atoms. The molecule has 0 aliphatic carbocycles. The van der Waals surface area contributed by atoms with Crippen molar-refractivity contribution in [3.8, 4) is 0 Å². The number of rotatable bonds is 3. The minimum absolute atomic E-state index is 0.233. The number of methoxy groups -OCH3 is 1. The lowest BCUT2D eigenvalue weighted by atomic mass is 10.1. The van der Waals surface area contributed by atoms with Crippen LogP contribution >= 0.6 is 0 Å². The molecular weight excluding hydrogens is 300 g/mol. The van der Waals surface area contributed by atoms with Crippen LogP contribution < -0.4 is 0 Å².